The average Bonchev–Trinajstić information content (AvgIpc) is 2.66. The van der Waals surface area contributed by atoms with E-state index in [0.717, 1.165) is 0 Å². The van der Waals surface area contributed by atoms with Crippen LogP contribution in [0.5, 0.6) is 0 Å². The lowest BCUT2D eigenvalue weighted by Gasteiger charge is -2.11. The Morgan fingerprint density at radius 1 is 1.64 bits per heavy atom. The summed E-state index contributed by atoms with van der Waals surface area (Å²) in [6.07, 6.45) is 0. The Morgan fingerprint density at radius 3 is 2.55 bits per heavy atom. The molecule has 1 atom stereocenters. The van der Waals surface area contributed by atoms with Crippen LogP contribution in [0.15, 0.2) is 0 Å². The maximum Gasteiger partial charge on any atom is 0.158 e. The van der Waals surface area contributed by atoms with Crippen LogP contribution in [-0.2, 0) is 9.62 Å². The van der Waals surface area contributed by atoms with E-state index in [0.29, 0.717) is 6.61 Å². The molecule has 0 aromatic heterocycles. The molecule has 3 heteroatoms. The van der Waals surface area contributed by atoms with Gasteiger partial charge in [-0.05, 0) is 20.8 Å². The Balaban J connectivity index is 2.55. The molecule has 1 fully saturated rings. The molecule has 0 amide bonds. The standard InChI is InChI=1S/C8H12O3/c1-7(2,11-9)4-5-8(3)6-10-8/h9H,6H2,1-3H3. The monoisotopic (exact) mass is 156 g/mol. The molecule has 62 valence electrons. The fraction of sp³-hybridized carbons (Fsp3) is 0.750. The van der Waals surface area contributed by atoms with Gasteiger partial charge in [0.05, 0.1) is 6.61 Å². The van der Waals surface area contributed by atoms with Crippen LogP contribution in [0.3, 0.4) is 0 Å². The summed E-state index contributed by atoms with van der Waals surface area (Å²) in [6.45, 7) is 5.94. The first-order valence-corrected chi connectivity index (χ1v) is 3.48. The van der Waals surface area contributed by atoms with Gasteiger partial charge in [0.1, 0.15) is 5.60 Å². The van der Waals surface area contributed by atoms with Crippen molar-refractivity contribution in [1.29, 1.82) is 0 Å². The molecule has 1 N–H and O–H groups in total. The van der Waals surface area contributed by atoms with E-state index in [9.17, 15) is 0 Å². The Bertz CT molecular complexity index is 205. The van der Waals surface area contributed by atoms with Gasteiger partial charge in [0.15, 0.2) is 5.60 Å². The molecule has 1 aliphatic rings. The van der Waals surface area contributed by atoms with E-state index < -0.39 is 5.60 Å². The Labute approximate surface area is 66.2 Å². The molecule has 0 radical (unpaired) electrons. The first-order valence-electron chi connectivity index (χ1n) is 3.48. The van der Waals surface area contributed by atoms with Crippen molar-refractivity contribution in [2.24, 2.45) is 0 Å². The minimum Gasteiger partial charge on any atom is -0.356 e. The molecule has 0 aromatic carbocycles. The summed E-state index contributed by atoms with van der Waals surface area (Å²) in [5.41, 5.74) is -1.09. The molecule has 0 aromatic rings. The third kappa shape index (κ3) is 2.51. The molecule has 1 aliphatic heterocycles. The van der Waals surface area contributed by atoms with Crippen molar-refractivity contribution >= 4 is 0 Å². The molecule has 0 spiro atoms. The van der Waals surface area contributed by atoms with Gasteiger partial charge in [-0.1, -0.05) is 11.8 Å². The van der Waals surface area contributed by atoms with Gasteiger partial charge in [0, 0.05) is 0 Å². The summed E-state index contributed by atoms with van der Waals surface area (Å²) in [5.74, 6) is 5.63. The van der Waals surface area contributed by atoms with Crippen LogP contribution < -0.4 is 0 Å². The van der Waals surface area contributed by atoms with Gasteiger partial charge in [-0.25, -0.2) is 4.89 Å². The summed E-state index contributed by atoms with van der Waals surface area (Å²) in [6, 6.07) is 0. The minimum absolute atomic E-state index is 0.296. The van der Waals surface area contributed by atoms with Crippen LogP contribution in [-0.4, -0.2) is 23.1 Å². The normalized spacial score (nSPS) is 29.1. The molecule has 0 bridgehead atoms. The molecular weight excluding hydrogens is 144 g/mol. The molecule has 1 heterocycles. The lowest BCUT2D eigenvalue weighted by Crippen LogP contribution is -2.20. The predicted octanol–water partition coefficient (Wildman–Crippen LogP) is 1.05. The first-order chi connectivity index (χ1) is 4.97. The summed E-state index contributed by atoms with van der Waals surface area (Å²) in [4.78, 5) is 4.13. The summed E-state index contributed by atoms with van der Waals surface area (Å²) < 4.78 is 5.03. The van der Waals surface area contributed by atoms with Gasteiger partial charge in [-0.2, -0.15) is 0 Å². The highest BCUT2D eigenvalue weighted by Gasteiger charge is 2.37. The van der Waals surface area contributed by atoms with Crippen LogP contribution in [0.4, 0.5) is 0 Å². The van der Waals surface area contributed by atoms with Gasteiger partial charge in [-0.15, -0.1) is 0 Å². The topological polar surface area (TPSA) is 42.0 Å². The maximum absolute atomic E-state index is 8.37. The highest BCUT2D eigenvalue weighted by Crippen LogP contribution is 2.24. The zero-order chi connectivity index (χ0) is 8.54. The number of rotatable bonds is 1. The third-order valence-corrected chi connectivity index (χ3v) is 1.43. The predicted molar refractivity (Wildman–Crippen MR) is 39.9 cm³/mol. The number of ether oxygens (including phenoxy) is 1. The van der Waals surface area contributed by atoms with Gasteiger partial charge in [0.2, 0.25) is 0 Å². The second-order valence-electron chi connectivity index (χ2n) is 3.37. The fourth-order valence-electron chi connectivity index (χ4n) is 0.486. The molecule has 0 saturated carbocycles. The largest absolute Gasteiger partial charge is 0.356 e. The van der Waals surface area contributed by atoms with Crippen LogP contribution in [0.1, 0.15) is 20.8 Å². The first kappa shape index (κ1) is 8.54. The van der Waals surface area contributed by atoms with Gasteiger partial charge >= 0.3 is 0 Å². The fourth-order valence-corrected chi connectivity index (χ4v) is 0.486. The van der Waals surface area contributed by atoms with E-state index in [1.165, 1.54) is 0 Å². The van der Waals surface area contributed by atoms with Crippen LogP contribution in [0.2, 0.25) is 0 Å². The minimum atomic E-state index is -0.797. The molecule has 0 aliphatic carbocycles. The third-order valence-electron chi connectivity index (χ3n) is 1.43. The van der Waals surface area contributed by atoms with Crippen LogP contribution in [0, 0.1) is 11.8 Å². The van der Waals surface area contributed by atoms with Gasteiger partial charge in [-0.3, -0.25) is 5.26 Å². The quantitative estimate of drug-likeness (QED) is 0.267. The maximum atomic E-state index is 8.37. The molecule has 1 saturated heterocycles. The van der Waals surface area contributed by atoms with E-state index in [4.69, 9.17) is 9.99 Å². The summed E-state index contributed by atoms with van der Waals surface area (Å²) in [5, 5.41) is 8.37. The molecule has 3 nitrogen and oxygen atoms in total. The number of hydrogen-bond acceptors (Lipinski definition) is 3. The van der Waals surface area contributed by atoms with Crippen LogP contribution >= 0.6 is 0 Å². The zero-order valence-electron chi connectivity index (χ0n) is 6.97. The molecular formula is C8H12O3. The molecule has 1 rings (SSSR count). The Kier molecular flexibility index (Phi) is 1.93. The SMILES string of the molecule is CC(C)(C#CC1(C)CO1)OO. The van der Waals surface area contributed by atoms with Crippen molar-refractivity contribution in [1.82, 2.24) is 0 Å². The van der Waals surface area contributed by atoms with Crippen molar-refractivity contribution in [3.8, 4) is 11.8 Å². The van der Waals surface area contributed by atoms with Crippen molar-refractivity contribution < 1.29 is 14.9 Å². The Hall–Kier alpha value is -0.560. The highest BCUT2D eigenvalue weighted by molar-refractivity contribution is 5.23. The summed E-state index contributed by atoms with van der Waals surface area (Å²) >= 11 is 0. The van der Waals surface area contributed by atoms with E-state index in [1.54, 1.807) is 13.8 Å². The molecule has 1 unspecified atom stereocenters. The highest BCUT2D eigenvalue weighted by atomic mass is 17.1. The van der Waals surface area contributed by atoms with Crippen LogP contribution in [0.25, 0.3) is 0 Å². The molecule has 11 heavy (non-hydrogen) atoms. The van der Waals surface area contributed by atoms with Crippen molar-refractivity contribution in [2.45, 2.75) is 32.0 Å². The zero-order valence-corrected chi connectivity index (χ0v) is 6.97. The lowest BCUT2D eigenvalue weighted by molar-refractivity contribution is -0.293. The van der Waals surface area contributed by atoms with E-state index in [1.807, 2.05) is 6.92 Å². The number of epoxide rings is 1. The second kappa shape index (κ2) is 2.49. The van der Waals surface area contributed by atoms with Crippen molar-refractivity contribution in [2.75, 3.05) is 6.61 Å². The van der Waals surface area contributed by atoms with Crippen molar-refractivity contribution in [3.05, 3.63) is 0 Å². The van der Waals surface area contributed by atoms with Crippen molar-refractivity contribution in [3.63, 3.8) is 0 Å². The Morgan fingerprint density at radius 2 is 2.18 bits per heavy atom. The number of hydrogen-bond donors (Lipinski definition) is 1. The second-order valence-corrected chi connectivity index (χ2v) is 3.37. The lowest BCUT2D eigenvalue weighted by atomic mass is 10.1. The van der Waals surface area contributed by atoms with Gasteiger partial charge in [0.25, 0.3) is 0 Å². The van der Waals surface area contributed by atoms with E-state index >= 15 is 0 Å². The average molecular weight is 156 g/mol. The van der Waals surface area contributed by atoms with Gasteiger partial charge < -0.3 is 4.74 Å². The van der Waals surface area contributed by atoms with E-state index in [2.05, 4.69) is 16.7 Å². The summed E-state index contributed by atoms with van der Waals surface area (Å²) in [7, 11) is 0. The smallest absolute Gasteiger partial charge is 0.158 e. The van der Waals surface area contributed by atoms with E-state index in [-0.39, 0.29) is 5.60 Å².